The van der Waals surface area contributed by atoms with E-state index in [4.69, 9.17) is 0 Å². The first kappa shape index (κ1) is 12.7. The standard InChI is InChI=1S/C15H19N3/c1-3-15(13-6-4-12(2)5-7-13)17-10-14-8-9-16-11-18-14/h4-9,11,15,17H,3,10H2,1-2H3. The van der Waals surface area contributed by atoms with Crippen LogP contribution in [-0.4, -0.2) is 9.97 Å². The quantitative estimate of drug-likeness (QED) is 0.874. The van der Waals surface area contributed by atoms with Gasteiger partial charge in [-0.2, -0.15) is 0 Å². The molecule has 1 aromatic carbocycles. The highest BCUT2D eigenvalue weighted by Crippen LogP contribution is 2.17. The highest BCUT2D eigenvalue weighted by atomic mass is 14.9. The van der Waals surface area contributed by atoms with Gasteiger partial charge in [0.15, 0.2) is 0 Å². The Morgan fingerprint density at radius 1 is 1.17 bits per heavy atom. The fraction of sp³-hybridized carbons (Fsp3) is 0.333. The van der Waals surface area contributed by atoms with Gasteiger partial charge in [-0.15, -0.1) is 0 Å². The Bertz CT molecular complexity index is 465. The van der Waals surface area contributed by atoms with E-state index in [1.54, 1.807) is 12.5 Å². The van der Waals surface area contributed by atoms with Crippen LogP contribution in [0.3, 0.4) is 0 Å². The van der Waals surface area contributed by atoms with Crippen LogP contribution in [0, 0.1) is 6.92 Å². The predicted molar refractivity (Wildman–Crippen MR) is 73.1 cm³/mol. The van der Waals surface area contributed by atoms with Crippen LogP contribution in [0.4, 0.5) is 0 Å². The predicted octanol–water partition coefficient (Wildman–Crippen LogP) is 3.03. The molecule has 0 saturated carbocycles. The van der Waals surface area contributed by atoms with Crippen LogP contribution in [0.1, 0.15) is 36.2 Å². The van der Waals surface area contributed by atoms with Gasteiger partial charge in [-0.1, -0.05) is 36.8 Å². The van der Waals surface area contributed by atoms with Crippen LogP contribution in [0.25, 0.3) is 0 Å². The molecular formula is C15H19N3. The van der Waals surface area contributed by atoms with Gasteiger partial charge in [-0.3, -0.25) is 0 Å². The summed E-state index contributed by atoms with van der Waals surface area (Å²) < 4.78 is 0. The van der Waals surface area contributed by atoms with Gasteiger partial charge in [-0.25, -0.2) is 9.97 Å². The molecule has 3 nitrogen and oxygen atoms in total. The molecule has 1 aromatic heterocycles. The third-order valence-corrected chi connectivity index (χ3v) is 3.06. The number of hydrogen-bond donors (Lipinski definition) is 1. The van der Waals surface area contributed by atoms with Gasteiger partial charge in [-0.05, 0) is 25.0 Å². The molecule has 3 heteroatoms. The SMILES string of the molecule is CCC(NCc1ccncn1)c1ccc(C)cc1. The monoisotopic (exact) mass is 241 g/mol. The first-order valence-electron chi connectivity index (χ1n) is 6.34. The van der Waals surface area contributed by atoms with E-state index in [1.807, 2.05) is 6.07 Å². The van der Waals surface area contributed by atoms with Crippen molar-refractivity contribution in [2.75, 3.05) is 0 Å². The van der Waals surface area contributed by atoms with E-state index in [0.29, 0.717) is 6.04 Å². The minimum atomic E-state index is 0.376. The van der Waals surface area contributed by atoms with Crippen LogP contribution in [0.15, 0.2) is 42.9 Å². The molecule has 94 valence electrons. The number of hydrogen-bond acceptors (Lipinski definition) is 3. The minimum absolute atomic E-state index is 0.376. The number of aromatic nitrogens is 2. The number of nitrogens with one attached hydrogen (secondary N) is 1. The molecule has 0 aliphatic rings. The zero-order chi connectivity index (χ0) is 12.8. The number of nitrogens with zero attached hydrogens (tertiary/aromatic N) is 2. The average molecular weight is 241 g/mol. The minimum Gasteiger partial charge on any atom is -0.304 e. The molecule has 0 bridgehead atoms. The zero-order valence-corrected chi connectivity index (χ0v) is 10.9. The topological polar surface area (TPSA) is 37.8 Å². The van der Waals surface area contributed by atoms with E-state index in [0.717, 1.165) is 18.7 Å². The Balaban J connectivity index is 1.99. The summed E-state index contributed by atoms with van der Waals surface area (Å²) >= 11 is 0. The van der Waals surface area contributed by atoms with Crippen molar-refractivity contribution >= 4 is 0 Å². The molecule has 0 aliphatic carbocycles. The molecule has 1 N–H and O–H groups in total. The first-order valence-corrected chi connectivity index (χ1v) is 6.34. The van der Waals surface area contributed by atoms with Gasteiger partial charge in [0.25, 0.3) is 0 Å². The number of aryl methyl sites for hydroxylation is 1. The second-order valence-electron chi connectivity index (χ2n) is 4.45. The van der Waals surface area contributed by atoms with Crippen molar-refractivity contribution in [2.24, 2.45) is 0 Å². The van der Waals surface area contributed by atoms with Crippen LogP contribution < -0.4 is 5.32 Å². The fourth-order valence-corrected chi connectivity index (χ4v) is 1.95. The van der Waals surface area contributed by atoms with Crippen LogP contribution in [-0.2, 0) is 6.54 Å². The summed E-state index contributed by atoms with van der Waals surface area (Å²) in [6.45, 7) is 5.07. The van der Waals surface area contributed by atoms with Gasteiger partial charge >= 0.3 is 0 Å². The summed E-state index contributed by atoms with van der Waals surface area (Å²) in [5, 5.41) is 3.53. The van der Waals surface area contributed by atoms with Crippen LogP contribution in [0.5, 0.6) is 0 Å². The van der Waals surface area contributed by atoms with Crippen LogP contribution in [0.2, 0.25) is 0 Å². The van der Waals surface area contributed by atoms with Crippen molar-refractivity contribution < 1.29 is 0 Å². The van der Waals surface area contributed by atoms with Crippen molar-refractivity contribution in [2.45, 2.75) is 32.9 Å². The molecule has 0 radical (unpaired) electrons. The third kappa shape index (κ3) is 3.37. The molecule has 0 aliphatic heterocycles. The normalized spacial score (nSPS) is 12.3. The molecule has 0 saturated heterocycles. The molecule has 1 unspecified atom stereocenters. The molecule has 0 fully saturated rings. The second kappa shape index (κ2) is 6.26. The van der Waals surface area contributed by atoms with Crippen LogP contribution >= 0.6 is 0 Å². The third-order valence-electron chi connectivity index (χ3n) is 3.06. The van der Waals surface area contributed by atoms with Crippen molar-refractivity contribution in [3.05, 3.63) is 59.7 Å². The van der Waals surface area contributed by atoms with Gasteiger partial charge in [0.05, 0.1) is 5.69 Å². The Morgan fingerprint density at radius 3 is 2.56 bits per heavy atom. The maximum absolute atomic E-state index is 4.22. The van der Waals surface area contributed by atoms with Gasteiger partial charge in [0.1, 0.15) is 6.33 Å². The molecule has 2 rings (SSSR count). The van der Waals surface area contributed by atoms with Crippen molar-refractivity contribution in [3.63, 3.8) is 0 Å². The van der Waals surface area contributed by atoms with E-state index >= 15 is 0 Å². The van der Waals surface area contributed by atoms with Gasteiger partial charge < -0.3 is 5.32 Å². The molecule has 1 heterocycles. The summed E-state index contributed by atoms with van der Waals surface area (Å²) in [4.78, 5) is 8.14. The lowest BCUT2D eigenvalue weighted by Gasteiger charge is -2.17. The lowest BCUT2D eigenvalue weighted by Crippen LogP contribution is -2.20. The summed E-state index contributed by atoms with van der Waals surface area (Å²) in [7, 11) is 0. The van der Waals surface area contributed by atoms with Gasteiger partial charge in [0, 0.05) is 18.8 Å². The molecule has 18 heavy (non-hydrogen) atoms. The lowest BCUT2D eigenvalue weighted by molar-refractivity contribution is 0.514. The molecule has 0 spiro atoms. The van der Waals surface area contributed by atoms with Crippen molar-refractivity contribution in [1.29, 1.82) is 0 Å². The van der Waals surface area contributed by atoms with E-state index in [-0.39, 0.29) is 0 Å². The van der Waals surface area contributed by atoms with E-state index in [9.17, 15) is 0 Å². The Labute approximate surface area is 108 Å². The number of rotatable bonds is 5. The fourth-order valence-electron chi connectivity index (χ4n) is 1.95. The molecule has 1 atom stereocenters. The van der Waals surface area contributed by atoms with Crippen molar-refractivity contribution in [1.82, 2.24) is 15.3 Å². The summed E-state index contributed by atoms with van der Waals surface area (Å²) in [5.41, 5.74) is 3.65. The highest BCUT2D eigenvalue weighted by Gasteiger charge is 2.08. The Kier molecular flexibility index (Phi) is 4.42. The number of benzene rings is 1. The van der Waals surface area contributed by atoms with E-state index in [2.05, 4.69) is 53.4 Å². The van der Waals surface area contributed by atoms with E-state index < -0.39 is 0 Å². The Hall–Kier alpha value is -1.74. The summed E-state index contributed by atoms with van der Waals surface area (Å²) in [6.07, 6.45) is 4.43. The lowest BCUT2D eigenvalue weighted by atomic mass is 10.0. The maximum Gasteiger partial charge on any atom is 0.115 e. The van der Waals surface area contributed by atoms with Gasteiger partial charge in [0.2, 0.25) is 0 Å². The first-order chi connectivity index (χ1) is 8.79. The summed E-state index contributed by atoms with van der Waals surface area (Å²) in [6, 6.07) is 11.0. The van der Waals surface area contributed by atoms with Crippen molar-refractivity contribution in [3.8, 4) is 0 Å². The molecule has 0 amide bonds. The zero-order valence-electron chi connectivity index (χ0n) is 10.9. The maximum atomic E-state index is 4.22. The summed E-state index contributed by atoms with van der Waals surface area (Å²) in [5.74, 6) is 0. The Morgan fingerprint density at radius 2 is 1.94 bits per heavy atom. The smallest absolute Gasteiger partial charge is 0.115 e. The van der Waals surface area contributed by atoms with E-state index in [1.165, 1.54) is 11.1 Å². The largest absolute Gasteiger partial charge is 0.304 e. The average Bonchev–Trinajstić information content (AvgIpc) is 2.42. The second-order valence-corrected chi connectivity index (χ2v) is 4.45. The molecule has 2 aromatic rings. The molecular weight excluding hydrogens is 222 g/mol. The highest BCUT2D eigenvalue weighted by molar-refractivity contribution is 5.24.